The number of fused-ring (bicyclic) bond motifs is 1. The highest BCUT2D eigenvalue weighted by Crippen LogP contribution is 2.25. The highest BCUT2D eigenvalue weighted by molar-refractivity contribution is 14.1. The Labute approximate surface area is 169 Å². The van der Waals surface area contributed by atoms with E-state index in [9.17, 15) is 9.59 Å². The van der Waals surface area contributed by atoms with E-state index in [-0.39, 0.29) is 5.95 Å². The van der Waals surface area contributed by atoms with E-state index in [1.807, 2.05) is 22.6 Å². The smallest absolute Gasteiger partial charge is 0.427 e. The van der Waals surface area contributed by atoms with Crippen LogP contribution in [0.25, 0.3) is 5.65 Å². The van der Waals surface area contributed by atoms with Gasteiger partial charge in [0.05, 0.1) is 8.59 Å². The number of carbonyl (C=O) groups is 2. The Balaban J connectivity index is 2.51. The molecule has 10 heteroatoms. The van der Waals surface area contributed by atoms with Crippen molar-refractivity contribution in [1.82, 2.24) is 14.6 Å². The SMILES string of the molecule is CC(C)(C)OC(=O)N(C(=O)OC(C)(C)C)c1nc2c(I)c(Cl)ccn2n1. The summed E-state index contributed by atoms with van der Waals surface area (Å²) in [5.74, 6) is -0.159. The number of pyridine rings is 1. The Hall–Kier alpha value is -1.62. The number of nitrogens with zero attached hydrogens (tertiary/aromatic N) is 4. The highest BCUT2D eigenvalue weighted by Gasteiger charge is 2.35. The minimum Gasteiger partial charge on any atom is -0.443 e. The van der Waals surface area contributed by atoms with Gasteiger partial charge in [-0.15, -0.1) is 10.00 Å². The fourth-order valence-electron chi connectivity index (χ4n) is 1.83. The van der Waals surface area contributed by atoms with Crippen molar-refractivity contribution in [3.05, 3.63) is 20.9 Å². The third kappa shape index (κ3) is 4.97. The van der Waals surface area contributed by atoms with Crippen LogP contribution in [0, 0.1) is 3.57 Å². The van der Waals surface area contributed by atoms with E-state index < -0.39 is 23.4 Å². The largest absolute Gasteiger partial charge is 0.443 e. The predicted molar refractivity (Wildman–Crippen MR) is 106 cm³/mol. The first-order valence-electron chi connectivity index (χ1n) is 7.75. The molecule has 0 bridgehead atoms. The molecule has 0 aliphatic heterocycles. The van der Waals surface area contributed by atoms with E-state index in [1.54, 1.807) is 53.8 Å². The molecular weight excluding hydrogens is 475 g/mol. The van der Waals surface area contributed by atoms with Crippen molar-refractivity contribution in [2.24, 2.45) is 0 Å². The van der Waals surface area contributed by atoms with Crippen LogP contribution in [-0.4, -0.2) is 38.0 Å². The molecule has 26 heavy (non-hydrogen) atoms. The molecule has 0 atom stereocenters. The lowest BCUT2D eigenvalue weighted by Crippen LogP contribution is -2.44. The minimum absolute atomic E-state index is 0.159. The molecule has 2 heterocycles. The number of halogens is 2. The first kappa shape index (κ1) is 20.7. The Bertz CT molecular complexity index is 826. The lowest BCUT2D eigenvalue weighted by Gasteiger charge is -2.26. The van der Waals surface area contributed by atoms with Gasteiger partial charge in [0.15, 0.2) is 5.65 Å². The third-order valence-corrected chi connectivity index (χ3v) is 4.44. The molecule has 2 amide bonds. The molecule has 0 fully saturated rings. The Kier molecular flexibility index (Phi) is 5.71. The summed E-state index contributed by atoms with van der Waals surface area (Å²) in [6.45, 7) is 10.2. The van der Waals surface area contributed by atoms with Crippen LogP contribution < -0.4 is 4.90 Å². The topological polar surface area (TPSA) is 86.0 Å². The fraction of sp³-hybridized carbons (Fsp3) is 0.500. The first-order valence-corrected chi connectivity index (χ1v) is 9.20. The van der Waals surface area contributed by atoms with Crippen molar-refractivity contribution < 1.29 is 19.1 Å². The van der Waals surface area contributed by atoms with Gasteiger partial charge in [-0.1, -0.05) is 11.6 Å². The summed E-state index contributed by atoms with van der Waals surface area (Å²) in [6, 6.07) is 1.64. The van der Waals surface area contributed by atoms with Gasteiger partial charge in [-0.2, -0.15) is 4.98 Å². The first-order chi connectivity index (χ1) is 11.8. The second kappa shape index (κ2) is 7.18. The number of hydrogen-bond donors (Lipinski definition) is 0. The zero-order valence-corrected chi connectivity index (χ0v) is 18.2. The van der Waals surface area contributed by atoms with Gasteiger partial charge in [0.25, 0.3) is 5.95 Å². The molecule has 0 unspecified atom stereocenters. The maximum absolute atomic E-state index is 12.6. The summed E-state index contributed by atoms with van der Waals surface area (Å²) in [5.41, 5.74) is -1.21. The van der Waals surface area contributed by atoms with Crippen molar-refractivity contribution in [2.75, 3.05) is 4.90 Å². The second-order valence-corrected chi connectivity index (χ2v) is 8.94. The molecule has 0 saturated carbocycles. The van der Waals surface area contributed by atoms with Crippen LogP contribution in [-0.2, 0) is 9.47 Å². The summed E-state index contributed by atoms with van der Waals surface area (Å²) in [4.78, 5) is 30.1. The predicted octanol–water partition coefficient (Wildman–Crippen LogP) is 4.66. The van der Waals surface area contributed by atoms with Crippen LogP contribution in [0.2, 0.25) is 5.02 Å². The Morgan fingerprint density at radius 1 is 1.12 bits per heavy atom. The number of carbonyl (C=O) groups excluding carboxylic acids is 2. The normalized spacial score (nSPS) is 12.2. The van der Waals surface area contributed by atoms with Gasteiger partial charge in [-0.25, -0.2) is 14.1 Å². The van der Waals surface area contributed by atoms with Gasteiger partial charge in [0.2, 0.25) is 0 Å². The highest BCUT2D eigenvalue weighted by atomic mass is 127. The molecule has 2 aromatic rings. The molecule has 2 aromatic heterocycles. The van der Waals surface area contributed by atoms with Gasteiger partial charge < -0.3 is 9.47 Å². The summed E-state index contributed by atoms with van der Waals surface area (Å²) in [7, 11) is 0. The zero-order valence-electron chi connectivity index (χ0n) is 15.3. The molecule has 0 aliphatic carbocycles. The Morgan fingerprint density at radius 3 is 2.08 bits per heavy atom. The van der Waals surface area contributed by atoms with Crippen LogP contribution in [0.15, 0.2) is 12.3 Å². The average Bonchev–Trinajstić information content (AvgIpc) is 2.83. The fourth-order valence-corrected chi connectivity index (χ4v) is 2.52. The van der Waals surface area contributed by atoms with E-state index in [0.717, 1.165) is 0 Å². The summed E-state index contributed by atoms with van der Waals surface area (Å²) < 4.78 is 12.7. The quantitative estimate of drug-likeness (QED) is 0.536. The van der Waals surface area contributed by atoms with Crippen molar-refractivity contribution in [3.8, 4) is 0 Å². The molecule has 142 valence electrons. The Morgan fingerprint density at radius 2 is 1.62 bits per heavy atom. The van der Waals surface area contributed by atoms with Gasteiger partial charge in [-0.05, 0) is 70.2 Å². The van der Waals surface area contributed by atoms with Gasteiger partial charge in [0.1, 0.15) is 11.2 Å². The second-order valence-electron chi connectivity index (χ2n) is 7.45. The number of imide groups is 1. The number of ether oxygens (including phenoxy) is 2. The van der Waals surface area contributed by atoms with Crippen molar-refractivity contribution in [2.45, 2.75) is 52.7 Å². The molecule has 0 aliphatic rings. The molecule has 0 N–H and O–H groups in total. The lowest BCUT2D eigenvalue weighted by molar-refractivity contribution is 0.0427. The monoisotopic (exact) mass is 494 g/mol. The molecule has 2 rings (SSSR count). The maximum Gasteiger partial charge on any atom is 0.427 e. The standard InChI is InChI=1S/C16H20ClIN4O4/c1-15(2,3)25-13(23)22(14(24)26-16(4,5)6)12-19-11-10(18)9(17)7-8-21(11)20-12/h7-8H,1-6H3. The van der Waals surface area contributed by atoms with Crippen LogP contribution in [0.1, 0.15) is 41.5 Å². The zero-order chi connectivity index (χ0) is 19.9. The van der Waals surface area contributed by atoms with Crippen molar-refractivity contribution in [1.29, 1.82) is 0 Å². The number of anilines is 1. The van der Waals surface area contributed by atoms with Crippen LogP contribution >= 0.6 is 34.2 Å². The van der Waals surface area contributed by atoms with E-state index >= 15 is 0 Å². The number of rotatable bonds is 1. The molecular formula is C16H20ClIN4O4. The number of hydrogen-bond acceptors (Lipinski definition) is 6. The van der Waals surface area contributed by atoms with Crippen LogP contribution in [0.4, 0.5) is 15.5 Å². The summed E-state index contributed by atoms with van der Waals surface area (Å²) in [5, 5.41) is 4.67. The van der Waals surface area contributed by atoms with E-state index in [4.69, 9.17) is 21.1 Å². The van der Waals surface area contributed by atoms with Crippen molar-refractivity contribution in [3.63, 3.8) is 0 Å². The number of amides is 2. The van der Waals surface area contributed by atoms with Gasteiger partial charge >= 0.3 is 12.2 Å². The third-order valence-electron chi connectivity index (χ3n) is 2.74. The summed E-state index contributed by atoms with van der Waals surface area (Å²) in [6.07, 6.45) is -0.272. The molecule has 0 radical (unpaired) electrons. The van der Waals surface area contributed by atoms with Crippen LogP contribution in [0.5, 0.6) is 0 Å². The molecule has 0 aromatic carbocycles. The molecule has 0 spiro atoms. The van der Waals surface area contributed by atoms with Crippen LogP contribution in [0.3, 0.4) is 0 Å². The van der Waals surface area contributed by atoms with Crippen molar-refractivity contribution >= 4 is 58.0 Å². The van der Waals surface area contributed by atoms with Gasteiger partial charge in [0, 0.05) is 6.20 Å². The van der Waals surface area contributed by atoms with Gasteiger partial charge in [-0.3, -0.25) is 0 Å². The van der Waals surface area contributed by atoms with E-state index in [2.05, 4.69) is 10.1 Å². The summed E-state index contributed by atoms with van der Waals surface area (Å²) >= 11 is 8.10. The maximum atomic E-state index is 12.6. The lowest BCUT2D eigenvalue weighted by atomic mass is 10.2. The number of aromatic nitrogens is 3. The molecule has 0 saturated heterocycles. The van der Waals surface area contributed by atoms with E-state index in [1.165, 1.54) is 4.52 Å². The average molecular weight is 495 g/mol. The molecule has 8 nitrogen and oxygen atoms in total. The minimum atomic E-state index is -0.927. The van der Waals surface area contributed by atoms with E-state index in [0.29, 0.717) is 19.1 Å².